The van der Waals surface area contributed by atoms with Gasteiger partial charge in [-0.05, 0) is 57.7 Å². The minimum atomic E-state index is 0.532. The Morgan fingerprint density at radius 3 is 2.78 bits per heavy atom. The van der Waals surface area contributed by atoms with Crippen LogP contribution in [0.15, 0.2) is 12.3 Å². The summed E-state index contributed by atoms with van der Waals surface area (Å²) in [5, 5.41) is 4.91. The predicted molar refractivity (Wildman–Crippen MR) is 96.9 cm³/mol. The first kappa shape index (κ1) is 18.0. The van der Waals surface area contributed by atoms with Crippen LogP contribution in [0.4, 0.5) is 0 Å². The van der Waals surface area contributed by atoms with Gasteiger partial charge in [-0.2, -0.15) is 0 Å². The molecule has 4 heteroatoms. The third kappa shape index (κ3) is 4.55. The fourth-order valence-corrected chi connectivity index (χ4v) is 2.95. The van der Waals surface area contributed by atoms with Gasteiger partial charge in [-0.1, -0.05) is 6.92 Å². The zero-order chi connectivity index (χ0) is 16.8. The van der Waals surface area contributed by atoms with E-state index in [1.54, 1.807) is 0 Å². The maximum absolute atomic E-state index is 5.47. The van der Waals surface area contributed by atoms with Crippen molar-refractivity contribution in [1.82, 2.24) is 14.9 Å². The highest BCUT2D eigenvalue weighted by molar-refractivity contribution is 5.84. The first-order chi connectivity index (χ1) is 11.1. The van der Waals surface area contributed by atoms with Crippen LogP contribution in [0, 0.1) is 13.8 Å². The van der Waals surface area contributed by atoms with Crippen LogP contribution in [-0.4, -0.2) is 28.8 Å². The minimum absolute atomic E-state index is 0.532. The second-order valence-electron chi connectivity index (χ2n) is 6.37. The van der Waals surface area contributed by atoms with Crippen molar-refractivity contribution in [1.29, 1.82) is 0 Å². The topological polar surface area (TPSA) is 39.1 Å². The highest BCUT2D eigenvalue weighted by Gasteiger charge is 2.13. The second kappa shape index (κ2) is 8.46. The van der Waals surface area contributed by atoms with Crippen LogP contribution in [0.5, 0.6) is 0 Å². The molecule has 0 amide bonds. The van der Waals surface area contributed by atoms with Crippen molar-refractivity contribution in [3.63, 3.8) is 0 Å². The van der Waals surface area contributed by atoms with E-state index in [4.69, 9.17) is 9.72 Å². The van der Waals surface area contributed by atoms with Gasteiger partial charge in [0, 0.05) is 49.6 Å². The molecule has 128 valence electrons. The molecule has 1 N–H and O–H groups in total. The molecule has 2 heterocycles. The summed E-state index contributed by atoms with van der Waals surface area (Å²) in [7, 11) is 0. The molecule has 0 aliphatic heterocycles. The van der Waals surface area contributed by atoms with Gasteiger partial charge in [-0.3, -0.25) is 0 Å². The van der Waals surface area contributed by atoms with Crippen LogP contribution in [0.25, 0.3) is 11.0 Å². The summed E-state index contributed by atoms with van der Waals surface area (Å²) in [6.07, 6.45) is 4.43. The van der Waals surface area contributed by atoms with Gasteiger partial charge in [0.1, 0.15) is 5.65 Å². The zero-order valence-electron chi connectivity index (χ0n) is 15.3. The highest BCUT2D eigenvalue weighted by atomic mass is 16.5. The highest BCUT2D eigenvalue weighted by Crippen LogP contribution is 2.25. The van der Waals surface area contributed by atoms with Crippen LogP contribution < -0.4 is 5.32 Å². The minimum Gasteiger partial charge on any atom is -0.382 e. The fourth-order valence-electron chi connectivity index (χ4n) is 2.95. The van der Waals surface area contributed by atoms with Gasteiger partial charge < -0.3 is 14.6 Å². The standard InChI is InChI=1S/C19H31N3O/c1-6-15(4)20-12-17-13-22(9-8-10-23-7-2)19-18(17)14(3)11-16(5)21-19/h11,13,15,20H,6-10,12H2,1-5H3. The van der Waals surface area contributed by atoms with Gasteiger partial charge in [0.25, 0.3) is 0 Å². The van der Waals surface area contributed by atoms with E-state index >= 15 is 0 Å². The molecule has 1 atom stereocenters. The molecular weight excluding hydrogens is 286 g/mol. The SMILES string of the molecule is CCOCCCn1cc(CNC(C)CC)c2c(C)cc(C)nc21. The van der Waals surface area contributed by atoms with Crippen molar-refractivity contribution in [3.8, 4) is 0 Å². The summed E-state index contributed by atoms with van der Waals surface area (Å²) in [6.45, 7) is 14.2. The first-order valence-electron chi connectivity index (χ1n) is 8.83. The Morgan fingerprint density at radius 2 is 2.09 bits per heavy atom. The average Bonchev–Trinajstić information content (AvgIpc) is 2.87. The summed E-state index contributed by atoms with van der Waals surface area (Å²) in [6, 6.07) is 2.71. The molecule has 2 aromatic rings. The largest absolute Gasteiger partial charge is 0.382 e. The number of pyridine rings is 1. The maximum Gasteiger partial charge on any atom is 0.140 e. The second-order valence-corrected chi connectivity index (χ2v) is 6.37. The van der Waals surface area contributed by atoms with Gasteiger partial charge in [-0.15, -0.1) is 0 Å². The van der Waals surface area contributed by atoms with Gasteiger partial charge >= 0.3 is 0 Å². The van der Waals surface area contributed by atoms with Crippen molar-refractivity contribution in [2.24, 2.45) is 0 Å². The van der Waals surface area contributed by atoms with Crippen LogP contribution >= 0.6 is 0 Å². The lowest BCUT2D eigenvalue weighted by Crippen LogP contribution is -2.24. The molecule has 4 nitrogen and oxygen atoms in total. The lowest BCUT2D eigenvalue weighted by atomic mass is 10.1. The summed E-state index contributed by atoms with van der Waals surface area (Å²) in [4.78, 5) is 4.80. The first-order valence-corrected chi connectivity index (χ1v) is 8.83. The van der Waals surface area contributed by atoms with Crippen LogP contribution in [0.2, 0.25) is 0 Å². The molecule has 0 radical (unpaired) electrons. The Bertz CT molecular complexity index is 633. The van der Waals surface area contributed by atoms with Crippen molar-refractivity contribution in [3.05, 3.63) is 29.1 Å². The van der Waals surface area contributed by atoms with Gasteiger partial charge in [0.2, 0.25) is 0 Å². The summed E-state index contributed by atoms with van der Waals surface area (Å²) in [5.41, 5.74) is 4.86. The van der Waals surface area contributed by atoms with Crippen LogP contribution in [0.1, 0.15) is 50.4 Å². The van der Waals surface area contributed by atoms with E-state index in [-0.39, 0.29) is 0 Å². The third-order valence-corrected chi connectivity index (χ3v) is 4.38. The quantitative estimate of drug-likeness (QED) is 0.711. The van der Waals surface area contributed by atoms with Crippen molar-refractivity contribution in [2.75, 3.05) is 13.2 Å². The number of hydrogen-bond acceptors (Lipinski definition) is 3. The van der Waals surface area contributed by atoms with Gasteiger partial charge in [-0.25, -0.2) is 4.98 Å². The molecule has 0 aliphatic carbocycles. The van der Waals surface area contributed by atoms with Crippen LogP contribution in [0.3, 0.4) is 0 Å². The monoisotopic (exact) mass is 317 g/mol. The Hall–Kier alpha value is -1.39. The van der Waals surface area contributed by atoms with Gasteiger partial charge in [0.05, 0.1) is 0 Å². The number of hydrogen-bond donors (Lipinski definition) is 1. The van der Waals surface area contributed by atoms with E-state index in [1.807, 2.05) is 6.92 Å². The Labute approximate surface area is 140 Å². The number of fused-ring (bicyclic) bond motifs is 1. The van der Waals surface area contributed by atoms with E-state index in [1.165, 1.54) is 16.5 Å². The Morgan fingerprint density at radius 1 is 1.30 bits per heavy atom. The summed E-state index contributed by atoms with van der Waals surface area (Å²) in [5.74, 6) is 0. The number of nitrogens with one attached hydrogen (secondary N) is 1. The molecular formula is C19H31N3O. The van der Waals surface area contributed by atoms with Crippen molar-refractivity contribution < 1.29 is 4.74 Å². The molecule has 0 saturated heterocycles. The van der Waals surface area contributed by atoms with Crippen LogP contribution in [-0.2, 0) is 17.8 Å². The van der Waals surface area contributed by atoms with E-state index in [0.717, 1.165) is 50.5 Å². The molecule has 0 bridgehead atoms. The lowest BCUT2D eigenvalue weighted by Gasteiger charge is -2.10. The molecule has 23 heavy (non-hydrogen) atoms. The van der Waals surface area contributed by atoms with E-state index < -0.39 is 0 Å². The summed E-state index contributed by atoms with van der Waals surface area (Å²) < 4.78 is 7.76. The molecule has 0 saturated carbocycles. The van der Waals surface area contributed by atoms with E-state index in [0.29, 0.717) is 6.04 Å². The smallest absolute Gasteiger partial charge is 0.140 e. The normalized spacial score (nSPS) is 12.9. The van der Waals surface area contributed by atoms with E-state index in [2.05, 4.69) is 49.8 Å². The molecule has 0 aromatic carbocycles. The van der Waals surface area contributed by atoms with Crippen molar-refractivity contribution >= 4 is 11.0 Å². The third-order valence-electron chi connectivity index (χ3n) is 4.38. The number of nitrogens with zero attached hydrogens (tertiary/aromatic N) is 2. The zero-order valence-corrected chi connectivity index (χ0v) is 15.3. The number of aromatic nitrogens is 2. The lowest BCUT2D eigenvalue weighted by molar-refractivity contribution is 0.142. The van der Waals surface area contributed by atoms with Crippen molar-refractivity contribution in [2.45, 2.75) is 66.6 Å². The molecule has 1 unspecified atom stereocenters. The predicted octanol–water partition coefficient (Wildman–Crippen LogP) is 3.97. The fraction of sp³-hybridized carbons (Fsp3) is 0.632. The number of aryl methyl sites for hydroxylation is 3. The Kier molecular flexibility index (Phi) is 6.60. The number of rotatable bonds is 9. The maximum atomic E-state index is 5.47. The summed E-state index contributed by atoms with van der Waals surface area (Å²) >= 11 is 0. The molecule has 2 aromatic heterocycles. The number of ether oxygens (including phenoxy) is 1. The average molecular weight is 317 g/mol. The Balaban J connectivity index is 2.27. The van der Waals surface area contributed by atoms with Gasteiger partial charge in [0.15, 0.2) is 0 Å². The van der Waals surface area contributed by atoms with E-state index in [9.17, 15) is 0 Å². The molecule has 0 fully saturated rings. The molecule has 0 spiro atoms. The molecule has 0 aliphatic rings. The molecule has 2 rings (SSSR count).